The Morgan fingerprint density at radius 3 is 2.05 bits per heavy atom. The van der Waals surface area contributed by atoms with Crippen molar-refractivity contribution >= 4 is 34.6 Å². The molecule has 0 bridgehead atoms. The Kier molecular flexibility index (Phi) is 10.6. The van der Waals surface area contributed by atoms with E-state index in [9.17, 15) is 34.5 Å². The third kappa shape index (κ3) is 8.27. The molecular formula is C25H37N5O7. The molecule has 0 saturated heterocycles. The molecule has 1 aromatic carbocycles. The van der Waals surface area contributed by atoms with Gasteiger partial charge in [-0.05, 0) is 37.8 Å². The van der Waals surface area contributed by atoms with E-state index in [0.29, 0.717) is 12.0 Å². The Morgan fingerprint density at radius 2 is 1.49 bits per heavy atom. The minimum absolute atomic E-state index is 0.0406. The van der Waals surface area contributed by atoms with E-state index >= 15 is 0 Å². The van der Waals surface area contributed by atoms with E-state index in [1.165, 1.54) is 13.8 Å². The van der Waals surface area contributed by atoms with Crippen molar-refractivity contribution in [2.75, 3.05) is 0 Å². The van der Waals surface area contributed by atoms with Crippen molar-refractivity contribution in [2.45, 2.75) is 76.9 Å². The lowest BCUT2D eigenvalue weighted by Gasteiger charge is -2.27. The topological polar surface area (TPSA) is 207 Å². The third-order valence-corrected chi connectivity index (χ3v) is 5.90. The van der Waals surface area contributed by atoms with Crippen LogP contribution in [0.3, 0.4) is 0 Å². The average Bonchev–Trinajstić information content (AvgIpc) is 3.21. The second kappa shape index (κ2) is 13.2. The number of aromatic amines is 1. The number of amides is 3. The summed E-state index contributed by atoms with van der Waals surface area (Å²) < 4.78 is 0. The van der Waals surface area contributed by atoms with E-state index < -0.39 is 60.1 Å². The minimum atomic E-state index is -1.61. The van der Waals surface area contributed by atoms with Gasteiger partial charge in [0.1, 0.15) is 12.1 Å². The number of carbonyl (C=O) groups is 4. The van der Waals surface area contributed by atoms with Crippen molar-refractivity contribution in [3.8, 4) is 0 Å². The molecule has 0 saturated carbocycles. The number of aromatic nitrogens is 1. The van der Waals surface area contributed by atoms with Crippen LogP contribution in [0.2, 0.25) is 0 Å². The van der Waals surface area contributed by atoms with Gasteiger partial charge >= 0.3 is 5.97 Å². The zero-order valence-electron chi connectivity index (χ0n) is 21.4. The van der Waals surface area contributed by atoms with Gasteiger partial charge in [-0.1, -0.05) is 32.0 Å². The highest BCUT2D eigenvalue weighted by Gasteiger charge is 2.34. The summed E-state index contributed by atoms with van der Waals surface area (Å²) in [5.41, 5.74) is 7.36. The molecule has 1 aromatic heterocycles. The van der Waals surface area contributed by atoms with E-state index in [2.05, 4.69) is 20.9 Å². The van der Waals surface area contributed by atoms with Gasteiger partial charge in [0.05, 0.1) is 18.2 Å². The summed E-state index contributed by atoms with van der Waals surface area (Å²) in [4.78, 5) is 53.4. The summed E-state index contributed by atoms with van der Waals surface area (Å²) in [5.74, 6) is -3.68. The van der Waals surface area contributed by atoms with Gasteiger partial charge in [0.2, 0.25) is 17.7 Å². The zero-order valence-corrected chi connectivity index (χ0v) is 21.4. The standard InChI is InChI=1S/C25H37N5O7/c1-12(2)9-17(26)22(33)29-20(13(3)31)24(35)28-19(23(34)30-21(14(4)32)25(36)37)10-15-11-27-18-8-6-5-7-16(15)18/h5-8,11-14,17,19-21,27,31-32H,9-10,26H2,1-4H3,(H,28,35)(H,29,33)(H,30,34)(H,36,37). The molecule has 9 N–H and O–H groups in total. The summed E-state index contributed by atoms with van der Waals surface area (Å²) in [5, 5.41) is 37.3. The predicted molar refractivity (Wildman–Crippen MR) is 136 cm³/mol. The average molecular weight is 520 g/mol. The maximum Gasteiger partial charge on any atom is 0.328 e. The zero-order chi connectivity index (χ0) is 27.9. The number of H-pyrrole nitrogens is 1. The first-order valence-corrected chi connectivity index (χ1v) is 12.1. The van der Waals surface area contributed by atoms with E-state index in [-0.39, 0.29) is 12.3 Å². The molecule has 1 heterocycles. The summed E-state index contributed by atoms with van der Waals surface area (Å²) in [6, 6.07) is 2.06. The highest BCUT2D eigenvalue weighted by atomic mass is 16.4. The maximum absolute atomic E-state index is 13.1. The number of fused-ring (bicyclic) bond motifs is 1. The Bertz CT molecular complexity index is 1100. The van der Waals surface area contributed by atoms with Gasteiger partial charge in [-0.2, -0.15) is 0 Å². The molecule has 0 fully saturated rings. The van der Waals surface area contributed by atoms with Crippen LogP contribution >= 0.6 is 0 Å². The fourth-order valence-corrected chi connectivity index (χ4v) is 3.91. The summed E-state index contributed by atoms with van der Waals surface area (Å²) >= 11 is 0. The van der Waals surface area contributed by atoms with Crippen LogP contribution in [-0.2, 0) is 25.6 Å². The number of nitrogens with one attached hydrogen (secondary N) is 4. The molecule has 3 amide bonds. The van der Waals surface area contributed by atoms with Crippen molar-refractivity contribution in [3.63, 3.8) is 0 Å². The molecule has 6 atom stereocenters. The highest BCUT2D eigenvalue weighted by molar-refractivity contribution is 5.95. The molecule has 2 aromatic rings. The Balaban J connectivity index is 2.30. The van der Waals surface area contributed by atoms with Crippen molar-refractivity contribution < 1.29 is 34.5 Å². The second-order valence-electron chi connectivity index (χ2n) is 9.65. The molecule has 2 rings (SSSR count). The molecule has 37 heavy (non-hydrogen) atoms. The van der Waals surface area contributed by atoms with Crippen LogP contribution in [0.5, 0.6) is 0 Å². The number of hydrogen-bond acceptors (Lipinski definition) is 7. The normalized spacial score (nSPS) is 16.3. The number of aliphatic carboxylic acids is 1. The van der Waals surface area contributed by atoms with Crippen LogP contribution in [0.4, 0.5) is 0 Å². The van der Waals surface area contributed by atoms with Gasteiger partial charge < -0.3 is 42.0 Å². The first-order valence-electron chi connectivity index (χ1n) is 12.1. The number of para-hydroxylation sites is 1. The molecule has 12 heteroatoms. The second-order valence-corrected chi connectivity index (χ2v) is 9.65. The first-order chi connectivity index (χ1) is 17.3. The number of carbonyl (C=O) groups excluding carboxylic acids is 3. The summed E-state index contributed by atoms with van der Waals surface area (Å²) in [6.07, 6.45) is -0.740. The molecule has 0 aliphatic carbocycles. The number of benzene rings is 1. The Labute approximate surface area is 215 Å². The van der Waals surface area contributed by atoms with Crippen molar-refractivity contribution in [1.82, 2.24) is 20.9 Å². The lowest BCUT2D eigenvalue weighted by atomic mass is 10.0. The molecule has 12 nitrogen and oxygen atoms in total. The third-order valence-electron chi connectivity index (χ3n) is 5.90. The van der Waals surface area contributed by atoms with Crippen LogP contribution in [0.25, 0.3) is 10.9 Å². The molecule has 0 aliphatic rings. The number of aliphatic hydroxyl groups is 2. The number of carboxylic acid groups (broad SMARTS) is 1. The number of hydrogen-bond donors (Lipinski definition) is 8. The number of rotatable bonds is 13. The lowest BCUT2D eigenvalue weighted by Crippen LogP contribution is -2.60. The van der Waals surface area contributed by atoms with E-state index in [1.807, 2.05) is 32.0 Å². The van der Waals surface area contributed by atoms with Crippen molar-refractivity contribution in [1.29, 1.82) is 0 Å². The molecule has 0 radical (unpaired) electrons. The number of nitrogens with two attached hydrogens (primary N) is 1. The SMILES string of the molecule is CC(C)CC(N)C(=O)NC(C(=O)NC(Cc1c[nH]c2ccccc12)C(=O)NC(C(=O)O)C(C)O)C(C)O. The summed E-state index contributed by atoms with van der Waals surface area (Å²) in [7, 11) is 0. The molecule has 0 aliphatic heterocycles. The van der Waals surface area contributed by atoms with Gasteiger partial charge in [-0.25, -0.2) is 4.79 Å². The van der Waals surface area contributed by atoms with Crippen LogP contribution < -0.4 is 21.7 Å². The van der Waals surface area contributed by atoms with Gasteiger partial charge in [0, 0.05) is 23.5 Å². The molecule has 204 valence electrons. The highest BCUT2D eigenvalue weighted by Crippen LogP contribution is 2.19. The Hall–Kier alpha value is -3.48. The fourth-order valence-electron chi connectivity index (χ4n) is 3.91. The van der Waals surface area contributed by atoms with E-state index in [1.54, 1.807) is 12.3 Å². The van der Waals surface area contributed by atoms with E-state index in [0.717, 1.165) is 10.9 Å². The van der Waals surface area contributed by atoms with Crippen LogP contribution in [0.15, 0.2) is 30.5 Å². The minimum Gasteiger partial charge on any atom is -0.480 e. The van der Waals surface area contributed by atoms with Crippen LogP contribution in [-0.4, -0.2) is 80.4 Å². The van der Waals surface area contributed by atoms with Crippen molar-refractivity contribution in [3.05, 3.63) is 36.0 Å². The first kappa shape index (κ1) is 29.7. The van der Waals surface area contributed by atoms with Gasteiger partial charge in [0.25, 0.3) is 0 Å². The summed E-state index contributed by atoms with van der Waals surface area (Å²) in [6.45, 7) is 6.29. The van der Waals surface area contributed by atoms with E-state index in [4.69, 9.17) is 5.73 Å². The molecule has 6 unspecified atom stereocenters. The molecule has 0 spiro atoms. The fraction of sp³-hybridized carbons (Fsp3) is 0.520. The van der Waals surface area contributed by atoms with Crippen LogP contribution in [0, 0.1) is 5.92 Å². The number of carboxylic acids is 1. The quantitative estimate of drug-likeness (QED) is 0.171. The van der Waals surface area contributed by atoms with Gasteiger partial charge in [0.15, 0.2) is 6.04 Å². The maximum atomic E-state index is 13.1. The van der Waals surface area contributed by atoms with Crippen LogP contribution in [0.1, 0.15) is 39.7 Å². The predicted octanol–water partition coefficient (Wildman–Crippen LogP) is -0.616. The Morgan fingerprint density at radius 1 is 0.892 bits per heavy atom. The monoisotopic (exact) mass is 519 g/mol. The lowest BCUT2D eigenvalue weighted by molar-refractivity contribution is -0.145. The molecular weight excluding hydrogens is 482 g/mol. The smallest absolute Gasteiger partial charge is 0.328 e. The van der Waals surface area contributed by atoms with Gasteiger partial charge in [-0.15, -0.1) is 0 Å². The van der Waals surface area contributed by atoms with Gasteiger partial charge in [-0.3, -0.25) is 14.4 Å². The largest absolute Gasteiger partial charge is 0.480 e. The number of aliphatic hydroxyl groups excluding tert-OH is 2. The van der Waals surface area contributed by atoms with Crippen molar-refractivity contribution in [2.24, 2.45) is 11.7 Å².